The topological polar surface area (TPSA) is 296 Å². The van der Waals surface area contributed by atoms with Crippen molar-refractivity contribution in [3.05, 3.63) is 41.5 Å². The van der Waals surface area contributed by atoms with Crippen LogP contribution in [0.25, 0.3) is 0 Å². The van der Waals surface area contributed by atoms with Crippen LogP contribution in [0.1, 0.15) is 84.9 Å². The van der Waals surface area contributed by atoms with Gasteiger partial charge >= 0.3 is 0 Å². The number of nitrogens with two attached hydrogens (primary N) is 4. The fraction of sp³-hybridized carbons (Fsp3) is 0.583. The van der Waals surface area contributed by atoms with E-state index >= 15 is 0 Å². The first-order valence-electron chi connectivity index (χ1n) is 18.6. The quantitative estimate of drug-likeness (QED) is 0.0340. The number of imide groups is 1. The lowest BCUT2D eigenvalue weighted by atomic mass is 10.1. The molecule has 0 spiro atoms. The van der Waals surface area contributed by atoms with Crippen LogP contribution in [-0.2, 0) is 24.0 Å². The van der Waals surface area contributed by atoms with Crippen molar-refractivity contribution >= 4 is 41.4 Å². The highest BCUT2D eigenvalue weighted by atomic mass is 16.5. The summed E-state index contributed by atoms with van der Waals surface area (Å²) < 4.78 is 5.80. The van der Waals surface area contributed by atoms with Gasteiger partial charge in [0.15, 0.2) is 0 Å². The number of ether oxygens (including phenoxy) is 1. The number of benzene rings is 1. The zero-order valence-corrected chi connectivity index (χ0v) is 31.0. The van der Waals surface area contributed by atoms with E-state index in [1.165, 1.54) is 35.3 Å². The highest BCUT2D eigenvalue weighted by molar-refractivity contribution is 6.12. The summed E-state index contributed by atoms with van der Waals surface area (Å²) in [6, 6.07) is 2.95. The molecule has 13 N–H and O–H groups in total. The maximum Gasteiger partial charge on any atom is 0.253 e. The van der Waals surface area contributed by atoms with Crippen LogP contribution in [0.5, 0.6) is 5.75 Å². The van der Waals surface area contributed by atoms with E-state index in [1.807, 2.05) is 0 Å². The summed E-state index contributed by atoms with van der Waals surface area (Å²) in [5, 5.41) is 13.5. The fourth-order valence-electron chi connectivity index (χ4n) is 5.25. The second kappa shape index (κ2) is 26.0. The van der Waals surface area contributed by atoms with Crippen molar-refractivity contribution in [1.29, 1.82) is 0 Å². The molecule has 1 aliphatic rings. The molecule has 0 bridgehead atoms. The van der Waals surface area contributed by atoms with Crippen molar-refractivity contribution in [2.45, 2.75) is 76.3 Å². The second-order valence-electron chi connectivity index (χ2n) is 12.8. The summed E-state index contributed by atoms with van der Waals surface area (Å²) in [7, 11) is 0. The standard InChI is InChI=1S/C36H58N10O8/c37-13-5-3-8-28(39)35(52)44-17-15-42-33(50)25-22-26(34(51)43-16-18-45-36(53)29(40)9-4-6-14-38)24-27(23-25)54-21-19-41-30(47)10-2-1-7-20-46-31(48)11-12-32(46)49/h11-12,22-24,28-29H,1-10,13-21,37-40H2,(H,41,47)(H,42,50)(H,43,51)(H,44,52)(H,45,53)/t28-,29-/m0/s1. The van der Waals surface area contributed by atoms with Crippen LogP contribution < -0.4 is 54.3 Å². The Bertz CT molecular complexity index is 1360. The molecule has 1 heterocycles. The second-order valence-corrected chi connectivity index (χ2v) is 12.8. The first-order valence-corrected chi connectivity index (χ1v) is 18.6. The lowest BCUT2D eigenvalue weighted by Crippen LogP contribution is -2.43. The molecule has 0 radical (unpaired) electrons. The third-order valence-electron chi connectivity index (χ3n) is 8.34. The van der Waals surface area contributed by atoms with Crippen LogP contribution in [0, 0.1) is 0 Å². The third kappa shape index (κ3) is 17.7. The first-order chi connectivity index (χ1) is 26.0. The van der Waals surface area contributed by atoms with Crippen molar-refractivity contribution in [1.82, 2.24) is 31.5 Å². The Hall–Kier alpha value is -4.91. The summed E-state index contributed by atoms with van der Waals surface area (Å²) >= 11 is 0. The van der Waals surface area contributed by atoms with Crippen LogP contribution in [-0.4, -0.2) is 117 Å². The summed E-state index contributed by atoms with van der Waals surface area (Å²) in [5.41, 5.74) is 23.0. The van der Waals surface area contributed by atoms with Gasteiger partial charge in [0.1, 0.15) is 12.4 Å². The largest absolute Gasteiger partial charge is 0.492 e. The molecular weight excluding hydrogens is 700 g/mol. The lowest BCUT2D eigenvalue weighted by molar-refractivity contribution is -0.137. The van der Waals surface area contributed by atoms with Crippen LogP contribution >= 0.6 is 0 Å². The van der Waals surface area contributed by atoms with E-state index in [1.54, 1.807) is 0 Å². The van der Waals surface area contributed by atoms with Gasteiger partial charge in [-0.2, -0.15) is 0 Å². The van der Waals surface area contributed by atoms with Gasteiger partial charge in [0.25, 0.3) is 23.6 Å². The Balaban J connectivity index is 1.89. The highest BCUT2D eigenvalue weighted by Crippen LogP contribution is 2.18. The summed E-state index contributed by atoms with van der Waals surface area (Å²) in [6.07, 6.45) is 8.54. The normalized spacial score (nSPS) is 13.3. The van der Waals surface area contributed by atoms with E-state index in [4.69, 9.17) is 27.7 Å². The maximum atomic E-state index is 13.1. The van der Waals surface area contributed by atoms with Crippen molar-refractivity contribution < 1.29 is 38.3 Å². The molecule has 0 fully saturated rings. The minimum absolute atomic E-state index is 0.0409. The summed E-state index contributed by atoms with van der Waals surface area (Å²) in [5.74, 6) is -2.36. The van der Waals surface area contributed by atoms with Gasteiger partial charge in [-0.05, 0) is 69.8 Å². The smallest absolute Gasteiger partial charge is 0.253 e. The van der Waals surface area contributed by atoms with Gasteiger partial charge in [0.2, 0.25) is 17.7 Å². The predicted octanol–water partition coefficient (Wildman–Crippen LogP) is -1.73. The Kier molecular flexibility index (Phi) is 21.8. The van der Waals surface area contributed by atoms with E-state index < -0.39 is 23.9 Å². The Labute approximate surface area is 316 Å². The SMILES string of the molecule is NCCCC[C@H](N)C(=O)NCCNC(=O)c1cc(OCCNC(=O)CCCCCN2C(=O)C=CC2=O)cc(C(=O)NCCNC(=O)[C@@H](N)CCCCN)c1. The average molecular weight is 759 g/mol. The number of carbonyl (C=O) groups excluding carboxylic acids is 7. The van der Waals surface area contributed by atoms with Gasteiger partial charge in [0.05, 0.1) is 18.6 Å². The molecule has 2 rings (SSSR count). The number of rotatable bonds is 28. The molecule has 18 heteroatoms. The van der Waals surface area contributed by atoms with E-state index in [9.17, 15) is 33.6 Å². The molecule has 0 unspecified atom stereocenters. The number of hydrogen-bond acceptors (Lipinski definition) is 12. The Morgan fingerprint density at radius 2 is 1.11 bits per heavy atom. The highest BCUT2D eigenvalue weighted by Gasteiger charge is 2.22. The van der Waals surface area contributed by atoms with E-state index in [2.05, 4.69) is 26.6 Å². The minimum Gasteiger partial charge on any atom is -0.492 e. The Morgan fingerprint density at radius 1 is 0.611 bits per heavy atom. The van der Waals surface area contributed by atoms with Crippen molar-refractivity contribution in [3.63, 3.8) is 0 Å². The summed E-state index contributed by atoms with van der Waals surface area (Å²) in [6.45, 7) is 2.00. The molecule has 300 valence electrons. The molecule has 0 aromatic heterocycles. The number of nitrogens with zero attached hydrogens (tertiary/aromatic N) is 1. The van der Waals surface area contributed by atoms with Crippen LogP contribution in [0.4, 0.5) is 0 Å². The molecule has 54 heavy (non-hydrogen) atoms. The van der Waals surface area contributed by atoms with Gasteiger partial charge in [-0.25, -0.2) is 0 Å². The zero-order valence-electron chi connectivity index (χ0n) is 31.0. The van der Waals surface area contributed by atoms with Gasteiger partial charge < -0.3 is 54.3 Å². The fourth-order valence-corrected chi connectivity index (χ4v) is 5.25. The van der Waals surface area contributed by atoms with E-state index in [-0.39, 0.29) is 92.2 Å². The number of hydrogen-bond donors (Lipinski definition) is 9. The molecule has 1 aromatic carbocycles. The minimum atomic E-state index is -0.679. The van der Waals surface area contributed by atoms with Crippen LogP contribution in [0.2, 0.25) is 0 Å². The number of unbranched alkanes of at least 4 members (excludes halogenated alkanes) is 4. The van der Waals surface area contributed by atoms with Crippen molar-refractivity contribution in [3.8, 4) is 5.75 Å². The van der Waals surface area contributed by atoms with Gasteiger partial charge in [-0.1, -0.05) is 19.3 Å². The number of amides is 7. The molecule has 2 atom stereocenters. The van der Waals surface area contributed by atoms with Crippen LogP contribution in [0.3, 0.4) is 0 Å². The molecule has 1 aliphatic heterocycles. The van der Waals surface area contributed by atoms with Crippen molar-refractivity contribution in [2.24, 2.45) is 22.9 Å². The third-order valence-corrected chi connectivity index (χ3v) is 8.34. The number of carbonyl (C=O) groups is 7. The van der Waals surface area contributed by atoms with E-state index in [0.29, 0.717) is 51.7 Å². The first kappa shape index (κ1) is 45.2. The Morgan fingerprint density at radius 3 is 1.61 bits per heavy atom. The maximum absolute atomic E-state index is 13.1. The van der Waals surface area contributed by atoms with Gasteiger partial charge in [0, 0.05) is 62.4 Å². The molecule has 7 amide bonds. The molecular formula is C36H58N10O8. The van der Waals surface area contributed by atoms with Gasteiger partial charge in [-0.15, -0.1) is 0 Å². The van der Waals surface area contributed by atoms with Crippen molar-refractivity contribution in [2.75, 3.05) is 59.0 Å². The molecule has 0 saturated heterocycles. The molecule has 1 aromatic rings. The number of nitrogens with one attached hydrogen (secondary N) is 5. The molecule has 18 nitrogen and oxygen atoms in total. The molecule has 0 aliphatic carbocycles. The monoisotopic (exact) mass is 758 g/mol. The van der Waals surface area contributed by atoms with Gasteiger partial charge in [-0.3, -0.25) is 38.5 Å². The summed E-state index contributed by atoms with van der Waals surface area (Å²) in [4.78, 5) is 87.4. The predicted molar refractivity (Wildman–Crippen MR) is 202 cm³/mol. The van der Waals surface area contributed by atoms with E-state index in [0.717, 1.165) is 25.7 Å². The lowest BCUT2D eigenvalue weighted by Gasteiger charge is -2.14. The van der Waals surface area contributed by atoms with Crippen LogP contribution in [0.15, 0.2) is 30.4 Å². The molecule has 0 saturated carbocycles. The zero-order chi connectivity index (χ0) is 39.7. The average Bonchev–Trinajstić information content (AvgIpc) is 3.48.